The van der Waals surface area contributed by atoms with Crippen molar-refractivity contribution >= 4 is 27.3 Å². The lowest BCUT2D eigenvalue weighted by atomic mass is 10.2. The molecule has 2 N–H and O–H groups in total. The van der Waals surface area contributed by atoms with E-state index in [4.69, 9.17) is 0 Å². The highest BCUT2D eigenvalue weighted by molar-refractivity contribution is 9.10. The number of aliphatic hydroxyl groups excluding tert-OH is 1. The molecule has 1 fully saturated rings. The number of nitrogens with one attached hydrogen (secondary N) is 1. The van der Waals surface area contributed by atoms with Crippen LogP contribution in [0.4, 0.5) is 0 Å². The summed E-state index contributed by atoms with van der Waals surface area (Å²) in [5.41, 5.74) is 0. The van der Waals surface area contributed by atoms with Crippen LogP contribution in [0.15, 0.2) is 10.5 Å². The number of aliphatic hydroxyl groups is 1. The van der Waals surface area contributed by atoms with E-state index in [-0.39, 0.29) is 12.6 Å². The summed E-state index contributed by atoms with van der Waals surface area (Å²) < 4.78 is 1.15. The first-order valence-electron chi connectivity index (χ1n) is 5.54. The fourth-order valence-corrected chi connectivity index (χ4v) is 3.71. The normalized spacial score (nSPS) is 19.9. The lowest BCUT2D eigenvalue weighted by Gasteiger charge is -2.33. The minimum absolute atomic E-state index is 0.164. The summed E-state index contributed by atoms with van der Waals surface area (Å²) in [6, 6.07) is 2.31. The monoisotopic (exact) mass is 304 g/mol. The topological polar surface area (TPSA) is 35.5 Å². The molecule has 0 bridgehead atoms. The Morgan fingerprint density at radius 1 is 1.56 bits per heavy atom. The zero-order valence-corrected chi connectivity index (χ0v) is 11.8. The zero-order valence-electron chi connectivity index (χ0n) is 9.37. The Morgan fingerprint density at radius 3 is 2.75 bits per heavy atom. The van der Waals surface area contributed by atoms with Crippen LogP contribution in [0.1, 0.15) is 15.8 Å². The van der Waals surface area contributed by atoms with Gasteiger partial charge in [0.25, 0.3) is 0 Å². The SMILES string of the molecule is Cc1sc(C(CO)N2CCNCC2)cc1Br. The molecule has 0 radical (unpaired) electrons. The molecule has 1 atom stereocenters. The Bertz CT molecular complexity index is 330. The Kier molecular flexibility index (Phi) is 4.38. The van der Waals surface area contributed by atoms with Crippen molar-refractivity contribution in [3.8, 4) is 0 Å². The van der Waals surface area contributed by atoms with E-state index < -0.39 is 0 Å². The number of rotatable bonds is 3. The molecule has 0 aliphatic carbocycles. The van der Waals surface area contributed by atoms with Crippen LogP contribution in [0.3, 0.4) is 0 Å². The molecule has 0 amide bonds. The van der Waals surface area contributed by atoms with Crippen LogP contribution in [0.25, 0.3) is 0 Å². The first-order chi connectivity index (χ1) is 7.72. The Labute approximate surface area is 109 Å². The van der Waals surface area contributed by atoms with E-state index >= 15 is 0 Å². The van der Waals surface area contributed by atoms with E-state index in [9.17, 15) is 5.11 Å². The van der Waals surface area contributed by atoms with Gasteiger partial charge in [-0.1, -0.05) is 0 Å². The molecular weight excluding hydrogens is 288 g/mol. The highest BCUT2D eigenvalue weighted by Crippen LogP contribution is 2.33. The van der Waals surface area contributed by atoms with Crippen molar-refractivity contribution < 1.29 is 5.11 Å². The summed E-state index contributed by atoms with van der Waals surface area (Å²) in [6.07, 6.45) is 0. The number of nitrogens with zero attached hydrogens (tertiary/aromatic N) is 1. The number of hydrogen-bond donors (Lipinski definition) is 2. The van der Waals surface area contributed by atoms with Crippen molar-refractivity contribution in [1.29, 1.82) is 0 Å². The van der Waals surface area contributed by atoms with Crippen LogP contribution in [0.2, 0.25) is 0 Å². The maximum Gasteiger partial charge on any atom is 0.0676 e. The maximum absolute atomic E-state index is 9.56. The summed E-state index contributed by atoms with van der Waals surface area (Å²) in [4.78, 5) is 4.89. The van der Waals surface area contributed by atoms with E-state index in [1.165, 1.54) is 9.75 Å². The van der Waals surface area contributed by atoms with Crippen molar-refractivity contribution in [1.82, 2.24) is 10.2 Å². The van der Waals surface area contributed by atoms with E-state index in [1.54, 1.807) is 11.3 Å². The van der Waals surface area contributed by atoms with Crippen molar-refractivity contribution in [3.05, 3.63) is 20.3 Å². The molecule has 0 aromatic carbocycles. The standard InChI is InChI=1S/C11H17BrN2OS/c1-8-9(12)6-11(16-8)10(7-15)14-4-2-13-3-5-14/h6,10,13,15H,2-5,7H2,1H3. The van der Waals surface area contributed by atoms with Crippen LogP contribution in [-0.4, -0.2) is 42.8 Å². The Balaban J connectivity index is 2.14. The Hall–Kier alpha value is 0.0600. The summed E-state index contributed by atoms with van der Waals surface area (Å²) in [7, 11) is 0. The molecule has 0 saturated carbocycles. The van der Waals surface area contributed by atoms with Crippen LogP contribution < -0.4 is 5.32 Å². The smallest absolute Gasteiger partial charge is 0.0676 e. The second-order valence-electron chi connectivity index (χ2n) is 4.04. The second kappa shape index (κ2) is 5.60. The third kappa shape index (κ3) is 2.65. The molecule has 1 saturated heterocycles. The van der Waals surface area contributed by atoms with Crippen molar-refractivity contribution in [2.45, 2.75) is 13.0 Å². The number of aryl methyl sites for hydroxylation is 1. The predicted molar refractivity (Wildman–Crippen MR) is 71.0 cm³/mol. The van der Waals surface area contributed by atoms with Gasteiger partial charge in [0, 0.05) is 40.4 Å². The average molecular weight is 305 g/mol. The highest BCUT2D eigenvalue weighted by atomic mass is 79.9. The van der Waals surface area contributed by atoms with Gasteiger partial charge in [-0.05, 0) is 28.9 Å². The fraction of sp³-hybridized carbons (Fsp3) is 0.636. The van der Waals surface area contributed by atoms with Crippen LogP contribution in [0.5, 0.6) is 0 Å². The molecule has 5 heteroatoms. The highest BCUT2D eigenvalue weighted by Gasteiger charge is 2.23. The minimum Gasteiger partial charge on any atom is -0.394 e. The lowest BCUT2D eigenvalue weighted by molar-refractivity contribution is 0.113. The number of hydrogen-bond acceptors (Lipinski definition) is 4. The van der Waals surface area contributed by atoms with Gasteiger partial charge in [-0.3, -0.25) is 4.90 Å². The third-order valence-electron chi connectivity index (χ3n) is 2.97. The molecule has 1 aromatic rings. The average Bonchev–Trinajstić information content (AvgIpc) is 2.61. The third-order valence-corrected chi connectivity index (χ3v) is 5.21. The number of thiophene rings is 1. The van der Waals surface area contributed by atoms with Gasteiger partial charge in [0.05, 0.1) is 12.6 Å². The summed E-state index contributed by atoms with van der Waals surface area (Å²) >= 11 is 5.31. The number of halogens is 1. The largest absolute Gasteiger partial charge is 0.394 e. The molecule has 1 aliphatic heterocycles. The van der Waals surface area contributed by atoms with E-state index in [2.05, 4.69) is 39.1 Å². The number of piperazine rings is 1. The van der Waals surface area contributed by atoms with Gasteiger partial charge >= 0.3 is 0 Å². The molecule has 1 aliphatic rings. The minimum atomic E-state index is 0.164. The van der Waals surface area contributed by atoms with Gasteiger partial charge < -0.3 is 10.4 Å². The van der Waals surface area contributed by atoms with Gasteiger partial charge in [-0.2, -0.15) is 0 Å². The molecular formula is C11H17BrN2OS. The van der Waals surface area contributed by atoms with Gasteiger partial charge in [0.1, 0.15) is 0 Å². The molecule has 90 valence electrons. The van der Waals surface area contributed by atoms with Crippen molar-refractivity contribution in [3.63, 3.8) is 0 Å². The predicted octanol–water partition coefficient (Wildman–Crippen LogP) is 1.76. The molecule has 1 aromatic heterocycles. The first kappa shape index (κ1) is 12.5. The molecule has 2 heterocycles. The van der Waals surface area contributed by atoms with Crippen LogP contribution in [-0.2, 0) is 0 Å². The van der Waals surface area contributed by atoms with Crippen molar-refractivity contribution in [2.24, 2.45) is 0 Å². The molecule has 16 heavy (non-hydrogen) atoms. The molecule has 0 spiro atoms. The second-order valence-corrected chi connectivity index (χ2v) is 6.18. The summed E-state index contributed by atoms with van der Waals surface area (Å²) in [5.74, 6) is 0. The van der Waals surface area contributed by atoms with Gasteiger partial charge in [0.2, 0.25) is 0 Å². The first-order valence-corrected chi connectivity index (χ1v) is 7.14. The van der Waals surface area contributed by atoms with Crippen LogP contribution in [0, 0.1) is 6.92 Å². The van der Waals surface area contributed by atoms with E-state index in [1.807, 2.05) is 0 Å². The van der Waals surface area contributed by atoms with Gasteiger partial charge in [-0.15, -0.1) is 11.3 Å². The van der Waals surface area contributed by atoms with Crippen LogP contribution >= 0.6 is 27.3 Å². The quantitative estimate of drug-likeness (QED) is 0.893. The molecule has 1 unspecified atom stereocenters. The molecule has 2 rings (SSSR count). The molecule has 3 nitrogen and oxygen atoms in total. The zero-order chi connectivity index (χ0) is 11.5. The van der Waals surface area contributed by atoms with Gasteiger partial charge in [-0.25, -0.2) is 0 Å². The summed E-state index contributed by atoms with van der Waals surface area (Å²) in [6.45, 7) is 6.36. The van der Waals surface area contributed by atoms with Crippen molar-refractivity contribution in [2.75, 3.05) is 32.8 Å². The Morgan fingerprint density at radius 2 is 2.25 bits per heavy atom. The fourth-order valence-electron chi connectivity index (χ4n) is 2.02. The lowest BCUT2D eigenvalue weighted by Crippen LogP contribution is -2.45. The van der Waals surface area contributed by atoms with E-state index in [0.29, 0.717) is 0 Å². The van der Waals surface area contributed by atoms with E-state index in [0.717, 1.165) is 30.7 Å². The maximum atomic E-state index is 9.56. The summed E-state index contributed by atoms with van der Waals surface area (Å²) in [5, 5.41) is 12.9. The van der Waals surface area contributed by atoms with Gasteiger partial charge in [0.15, 0.2) is 0 Å².